The van der Waals surface area contributed by atoms with Gasteiger partial charge in [-0.15, -0.1) is 0 Å². The van der Waals surface area contributed by atoms with Crippen molar-refractivity contribution in [1.29, 1.82) is 0 Å². The normalized spacial score (nSPS) is 16.1. The molecule has 1 aromatic carbocycles. The van der Waals surface area contributed by atoms with Crippen molar-refractivity contribution in [3.63, 3.8) is 0 Å². The number of methoxy groups -OCH3 is 2. The highest BCUT2D eigenvalue weighted by atomic mass is 16.6. The Morgan fingerprint density at radius 3 is 2.24 bits per heavy atom. The van der Waals surface area contributed by atoms with Crippen LogP contribution >= 0.6 is 0 Å². The Kier molecular flexibility index (Phi) is 7.41. The summed E-state index contributed by atoms with van der Waals surface area (Å²) in [6, 6.07) is 6.82. The zero-order chi connectivity index (χ0) is 21.6. The lowest BCUT2D eigenvalue weighted by molar-refractivity contribution is -0.143. The zero-order valence-corrected chi connectivity index (χ0v) is 17.2. The summed E-state index contributed by atoms with van der Waals surface area (Å²) in [6.07, 6.45) is 0. The van der Waals surface area contributed by atoms with Crippen LogP contribution in [-0.2, 0) is 28.6 Å². The average molecular weight is 403 g/mol. The van der Waals surface area contributed by atoms with Crippen LogP contribution in [0.2, 0.25) is 0 Å². The number of carbonyl (C=O) groups excluding carboxylic acids is 3. The Morgan fingerprint density at radius 2 is 1.66 bits per heavy atom. The number of hydrogen-bond acceptors (Lipinski definition) is 8. The molecule has 1 unspecified atom stereocenters. The van der Waals surface area contributed by atoms with E-state index in [2.05, 4.69) is 10.1 Å². The molecule has 0 aliphatic carbocycles. The van der Waals surface area contributed by atoms with Gasteiger partial charge in [-0.2, -0.15) is 0 Å². The highest BCUT2D eigenvalue weighted by Crippen LogP contribution is 2.40. The van der Waals surface area contributed by atoms with Gasteiger partial charge in [0.15, 0.2) is 6.61 Å². The van der Waals surface area contributed by atoms with E-state index in [1.54, 1.807) is 45.0 Å². The molecule has 1 N–H and O–H groups in total. The van der Waals surface area contributed by atoms with E-state index in [0.29, 0.717) is 33.9 Å². The van der Waals surface area contributed by atoms with Crippen molar-refractivity contribution in [2.45, 2.75) is 26.7 Å². The van der Waals surface area contributed by atoms with Gasteiger partial charge in [-0.1, -0.05) is 12.1 Å². The minimum absolute atomic E-state index is 0.195. The Bertz CT molecular complexity index is 870. The molecular weight excluding hydrogens is 378 g/mol. The van der Waals surface area contributed by atoms with Crippen LogP contribution in [0, 0.1) is 0 Å². The Morgan fingerprint density at radius 1 is 1.00 bits per heavy atom. The van der Waals surface area contributed by atoms with E-state index in [4.69, 9.17) is 14.2 Å². The summed E-state index contributed by atoms with van der Waals surface area (Å²) in [5.74, 6) is -1.93. The molecule has 1 aliphatic heterocycles. The quantitative estimate of drug-likeness (QED) is 0.546. The van der Waals surface area contributed by atoms with Crippen LogP contribution in [0.1, 0.15) is 32.3 Å². The van der Waals surface area contributed by atoms with Gasteiger partial charge in [-0.25, -0.2) is 14.4 Å². The SMILES string of the molecule is CCOC(=O)C1=C(C)NC(C)=C(C(=O)OC)C1c1cccc(OCC(=O)OC)c1. The topological polar surface area (TPSA) is 100 Å². The van der Waals surface area contributed by atoms with Gasteiger partial charge in [0.1, 0.15) is 5.75 Å². The lowest BCUT2D eigenvalue weighted by atomic mass is 9.80. The second-order valence-corrected chi connectivity index (χ2v) is 6.28. The molecule has 8 heteroatoms. The van der Waals surface area contributed by atoms with Gasteiger partial charge < -0.3 is 24.3 Å². The molecule has 2 rings (SSSR count). The summed E-state index contributed by atoms with van der Waals surface area (Å²) in [6.45, 7) is 5.13. The lowest BCUT2D eigenvalue weighted by Gasteiger charge is -2.30. The number of allylic oxidation sites excluding steroid dienone is 2. The van der Waals surface area contributed by atoms with Gasteiger partial charge in [0.2, 0.25) is 0 Å². The third-order valence-corrected chi connectivity index (χ3v) is 4.44. The molecule has 0 bridgehead atoms. The molecule has 8 nitrogen and oxygen atoms in total. The average Bonchev–Trinajstić information content (AvgIpc) is 2.71. The monoisotopic (exact) mass is 403 g/mol. The van der Waals surface area contributed by atoms with Crippen LogP contribution in [0.5, 0.6) is 5.75 Å². The van der Waals surface area contributed by atoms with E-state index in [9.17, 15) is 14.4 Å². The van der Waals surface area contributed by atoms with E-state index >= 15 is 0 Å². The molecule has 0 saturated heterocycles. The predicted molar refractivity (Wildman–Crippen MR) is 104 cm³/mol. The van der Waals surface area contributed by atoms with Gasteiger partial charge in [-0.3, -0.25) is 0 Å². The minimum atomic E-state index is -0.718. The Hall–Kier alpha value is -3.29. The summed E-state index contributed by atoms with van der Waals surface area (Å²) < 4.78 is 20.2. The summed E-state index contributed by atoms with van der Waals surface area (Å²) in [5.41, 5.74) is 2.39. The van der Waals surface area contributed by atoms with Crippen molar-refractivity contribution in [1.82, 2.24) is 5.32 Å². The molecule has 1 aromatic rings. The first-order valence-corrected chi connectivity index (χ1v) is 9.07. The molecule has 29 heavy (non-hydrogen) atoms. The summed E-state index contributed by atoms with van der Waals surface area (Å²) in [4.78, 5) is 36.6. The number of benzene rings is 1. The summed E-state index contributed by atoms with van der Waals surface area (Å²) in [5, 5.41) is 3.06. The zero-order valence-electron chi connectivity index (χ0n) is 17.2. The van der Waals surface area contributed by atoms with Crippen LogP contribution in [-0.4, -0.2) is 45.3 Å². The number of rotatable bonds is 7. The van der Waals surface area contributed by atoms with Gasteiger partial charge in [0.25, 0.3) is 0 Å². The Labute approximate surface area is 169 Å². The predicted octanol–water partition coefficient (Wildman–Crippen LogP) is 2.21. The number of dihydropyridines is 1. The van der Waals surface area contributed by atoms with Crippen molar-refractivity contribution in [3.05, 3.63) is 52.4 Å². The molecule has 0 aromatic heterocycles. The molecular formula is C21H25NO7. The molecule has 0 radical (unpaired) electrons. The second-order valence-electron chi connectivity index (χ2n) is 6.28. The van der Waals surface area contributed by atoms with E-state index < -0.39 is 23.8 Å². The number of hydrogen-bond donors (Lipinski definition) is 1. The third kappa shape index (κ3) is 4.96. The molecule has 0 saturated carbocycles. The maximum atomic E-state index is 12.7. The molecule has 156 valence electrons. The first kappa shape index (κ1) is 22.0. The molecule has 0 amide bonds. The molecule has 0 fully saturated rings. The standard InChI is InChI=1S/C21H25NO7/c1-6-28-21(25)18-13(3)22-12(2)17(20(24)27-5)19(18)14-8-7-9-15(10-14)29-11-16(23)26-4/h7-10,19,22H,6,11H2,1-5H3. The first-order chi connectivity index (χ1) is 13.8. The highest BCUT2D eigenvalue weighted by Gasteiger charge is 2.37. The van der Waals surface area contributed by atoms with Crippen LogP contribution < -0.4 is 10.1 Å². The van der Waals surface area contributed by atoms with Crippen molar-refractivity contribution in [2.75, 3.05) is 27.4 Å². The smallest absolute Gasteiger partial charge is 0.343 e. The van der Waals surface area contributed by atoms with E-state index in [-0.39, 0.29) is 13.2 Å². The van der Waals surface area contributed by atoms with Gasteiger partial charge in [0, 0.05) is 11.4 Å². The number of carbonyl (C=O) groups is 3. The van der Waals surface area contributed by atoms with Crippen molar-refractivity contribution < 1.29 is 33.3 Å². The van der Waals surface area contributed by atoms with Gasteiger partial charge >= 0.3 is 17.9 Å². The van der Waals surface area contributed by atoms with Crippen LogP contribution in [0.4, 0.5) is 0 Å². The third-order valence-electron chi connectivity index (χ3n) is 4.44. The fourth-order valence-corrected chi connectivity index (χ4v) is 3.17. The van der Waals surface area contributed by atoms with Crippen LogP contribution in [0.25, 0.3) is 0 Å². The summed E-state index contributed by atoms with van der Waals surface area (Å²) in [7, 11) is 2.55. The van der Waals surface area contributed by atoms with E-state index in [1.807, 2.05) is 0 Å². The van der Waals surface area contributed by atoms with E-state index in [1.165, 1.54) is 14.2 Å². The van der Waals surface area contributed by atoms with Gasteiger partial charge in [-0.05, 0) is 38.5 Å². The van der Waals surface area contributed by atoms with Gasteiger partial charge in [0.05, 0.1) is 37.9 Å². The highest BCUT2D eigenvalue weighted by molar-refractivity contribution is 5.99. The maximum absolute atomic E-state index is 12.7. The van der Waals surface area contributed by atoms with Crippen molar-refractivity contribution in [2.24, 2.45) is 0 Å². The fourth-order valence-electron chi connectivity index (χ4n) is 3.17. The maximum Gasteiger partial charge on any atom is 0.343 e. The fraction of sp³-hybridized carbons (Fsp3) is 0.381. The molecule has 0 spiro atoms. The number of nitrogens with one attached hydrogen (secondary N) is 1. The number of esters is 3. The Balaban J connectivity index is 2.54. The van der Waals surface area contributed by atoms with Crippen molar-refractivity contribution >= 4 is 17.9 Å². The molecule has 1 atom stereocenters. The largest absolute Gasteiger partial charge is 0.482 e. The lowest BCUT2D eigenvalue weighted by Crippen LogP contribution is -2.32. The minimum Gasteiger partial charge on any atom is -0.482 e. The van der Waals surface area contributed by atoms with E-state index in [0.717, 1.165) is 0 Å². The van der Waals surface area contributed by atoms with Crippen molar-refractivity contribution in [3.8, 4) is 5.75 Å². The summed E-state index contributed by atoms with van der Waals surface area (Å²) >= 11 is 0. The number of ether oxygens (including phenoxy) is 4. The second kappa shape index (κ2) is 9.77. The van der Waals surface area contributed by atoms with Crippen LogP contribution in [0.3, 0.4) is 0 Å². The first-order valence-electron chi connectivity index (χ1n) is 9.07. The molecule has 1 aliphatic rings. The molecule has 1 heterocycles. The van der Waals surface area contributed by atoms with Crippen LogP contribution in [0.15, 0.2) is 46.8 Å².